The predicted octanol–water partition coefficient (Wildman–Crippen LogP) is 3.55. The minimum atomic E-state index is -0.258. The second-order valence-corrected chi connectivity index (χ2v) is 5.20. The molecule has 0 aliphatic heterocycles. The summed E-state index contributed by atoms with van der Waals surface area (Å²) >= 11 is 3.18. The second-order valence-electron chi connectivity index (χ2n) is 4.35. The lowest BCUT2D eigenvalue weighted by atomic mass is 10.2. The molecule has 1 aromatic heterocycles. The summed E-state index contributed by atoms with van der Waals surface area (Å²) in [5.41, 5.74) is 3.91. The van der Waals surface area contributed by atoms with E-state index < -0.39 is 0 Å². The van der Waals surface area contributed by atoms with Crippen molar-refractivity contribution in [2.24, 2.45) is 7.05 Å². The van der Waals surface area contributed by atoms with Gasteiger partial charge in [0.05, 0.1) is 10.2 Å². The maximum absolute atomic E-state index is 13.5. The predicted molar refractivity (Wildman–Crippen MR) is 74.1 cm³/mol. The smallest absolute Gasteiger partial charge is 0.139 e. The van der Waals surface area contributed by atoms with Crippen molar-refractivity contribution in [3.63, 3.8) is 0 Å². The number of aryl methyl sites for hydroxylation is 3. The van der Waals surface area contributed by atoms with Gasteiger partial charge in [-0.15, -0.1) is 0 Å². The van der Waals surface area contributed by atoms with Crippen molar-refractivity contribution in [1.29, 1.82) is 0 Å². The Balaban J connectivity index is 2.15. The summed E-state index contributed by atoms with van der Waals surface area (Å²) in [5, 5.41) is 7.51. The zero-order valence-electron chi connectivity index (χ0n) is 10.6. The van der Waals surface area contributed by atoms with Crippen LogP contribution < -0.4 is 5.32 Å². The number of rotatable bonds is 3. The van der Waals surface area contributed by atoms with Crippen molar-refractivity contribution in [2.45, 2.75) is 20.4 Å². The van der Waals surface area contributed by atoms with Gasteiger partial charge in [-0.25, -0.2) is 4.39 Å². The number of nitrogens with one attached hydrogen (secondary N) is 1. The highest BCUT2D eigenvalue weighted by atomic mass is 79.9. The Morgan fingerprint density at radius 2 is 2.11 bits per heavy atom. The highest BCUT2D eigenvalue weighted by Gasteiger charge is 2.07. The fourth-order valence-electron chi connectivity index (χ4n) is 1.85. The lowest BCUT2D eigenvalue weighted by molar-refractivity contribution is 0.621. The van der Waals surface area contributed by atoms with E-state index in [0.29, 0.717) is 11.0 Å². The van der Waals surface area contributed by atoms with E-state index >= 15 is 0 Å². The summed E-state index contributed by atoms with van der Waals surface area (Å²) in [6.07, 6.45) is 1.97. The van der Waals surface area contributed by atoms with Gasteiger partial charge in [-0.05, 0) is 47.5 Å². The van der Waals surface area contributed by atoms with Gasteiger partial charge in [0.1, 0.15) is 5.82 Å². The van der Waals surface area contributed by atoms with Gasteiger partial charge < -0.3 is 5.32 Å². The van der Waals surface area contributed by atoms with Gasteiger partial charge >= 0.3 is 0 Å². The summed E-state index contributed by atoms with van der Waals surface area (Å²) in [4.78, 5) is 0. The highest BCUT2D eigenvalue weighted by Crippen LogP contribution is 2.24. The minimum Gasteiger partial charge on any atom is -0.381 e. The lowest BCUT2D eigenvalue weighted by Crippen LogP contribution is -2.02. The van der Waals surface area contributed by atoms with Gasteiger partial charge in [0.15, 0.2) is 0 Å². The molecule has 1 aromatic carbocycles. The van der Waals surface area contributed by atoms with Crippen LogP contribution >= 0.6 is 15.9 Å². The van der Waals surface area contributed by atoms with Crippen LogP contribution in [-0.4, -0.2) is 9.78 Å². The van der Waals surface area contributed by atoms with Crippen molar-refractivity contribution < 1.29 is 4.39 Å². The zero-order chi connectivity index (χ0) is 13.3. The van der Waals surface area contributed by atoms with E-state index in [4.69, 9.17) is 0 Å². The van der Waals surface area contributed by atoms with Crippen molar-refractivity contribution in [1.82, 2.24) is 9.78 Å². The van der Waals surface area contributed by atoms with E-state index in [1.165, 1.54) is 6.07 Å². The molecule has 0 unspecified atom stereocenters. The molecule has 0 bridgehead atoms. The lowest BCUT2D eigenvalue weighted by Gasteiger charge is -2.10. The first kappa shape index (κ1) is 13.1. The molecule has 2 rings (SSSR count). The molecule has 1 heterocycles. The first-order valence-corrected chi connectivity index (χ1v) is 6.45. The average molecular weight is 312 g/mol. The molecule has 0 saturated heterocycles. The first-order chi connectivity index (χ1) is 8.47. The van der Waals surface area contributed by atoms with Gasteiger partial charge in [0.25, 0.3) is 0 Å². The Kier molecular flexibility index (Phi) is 3.71. The third-order valence-corrected chi connectivity index (χ3v) is 3.46. The molecule has 0 aliphatic carbocycles. The molecule has 18 heavy (non-hydrogen) atoms. The number of anilines is 1. The van der Waals surface area contributed by atoms with Gasteiger partial charge in [0.2, 0.25) is 0 Å². The van der Waals surface area contributed by atoms with Crippen LogP contribution in [0.5, 0.6) is 0 Å². The molecular weight excluding hydrogens is 297 g/mol. The number of halogens is 2. The van der Waals surface area contributed by atoms with Crippen LogP contribution in [0.2, 0.25) is 0 Å². The van der Waals surface area contributed by atoms with Crippen LogP contribution in [-0.2, 0) is 13.6 Å². The van der Waals surface area contributed by atoms with Gasteiger partial charge in [-0.1, -0.05) is 0 Å². The summed E-state index contributed by atoms with van der Waals surface area (Å²) in [7, 11) is 1.89. The van der Waals surface area contributed by atoms with Crippen LogP contribution in [0.1, 0.15) is 16.8 Å². The van der Waals surface area contributed by atoms with Gasteiger partial charge in [0, 0.05) is 31.0 Å². The largest absolute Gasteiger partial charge is 0.381 e. The molecule has 0 saturated carbocycles. The van der Waals surface area contributed by atoms with Crippen LogP contribution in [0.25, 0.3) is 0 Å². The van der Waals surface area contributed by atoms with E-state index in [9.17, 15) is 4.39 Å². The normalized spacial score (nSPS) is 10.7. The van der Waals surface area contributed by atoms with E-state index in [-0.39, 0.29) is 5.82 Å². The Bertz CT molecular complexity index is 578. The molecule has 5 heteroatoms. The Hall–Kier alpha value is -1.36. The molecular formula is C13H15BrFN3. The number of nitrogens with zero attached hydrogens (tertiary/aromatic N) is 2. The van der Waals surface area contributed by atoms with Gasteiger partial charge in [-0.3, -0.25) is 4.68 Å². The van der Waals surface area contributed by atoms with E-state index in [0.717, 1.165) is 22.5 Å². The molecule has 0 radical (unpaired) electrons. The molecule has 0 spiro atoms. The third-order valence-electron chi connectivity index (χ3n) is 2.85. The number of benzene rings is 1. The zero-order valence-corrected chi connectivity index (χ0v) is 12.2. The van der Waals surface area contributed by atoms with Crippen molar-refractivity contribution in [3.8, 4) is 0 Å². The summed E-state index contributed by atoms with van der Waals surface area (Å²) < 4.78 is 15.7. The minimum absolute atomic E-state index is 0.258. The third kappa shape index (κ3) is 2.72. The Morgan fingerprint density at radius 1 is 1.39 bits per heavy atom. The topological polar surface area (TPSA) is 29.9 Å². The number of aromatic nitrogens is 2. The van der Waals surface area contributed by atoms with Crippen molar-refractivity contribution in [2.75, 3.05) is 5.32 Å². The summed E-state index contributed by atoms with van der Waals surface area (Å²) in [6, 6.07) is 3.28. The Morgan fingerprint density at radius 3 is 2.72 bits per heavy atom. The monoisotopic (exact) mass is 311 g/mol. The maximum atomic E-state index is 13.5. The number of hydrogen-bond donors (Lipinski definition) is 1. The van der Waals surface area contributed by atoms with Crippen molar-refractivity contribution in [3.05, 3.63) is 45.4 Å². The molecule has 2 aromatic rings. The average Bonchev–Trinajstić information content (AvgIpc) is 2.61. The van der Waals surface area contributed by atoms with E-state index in [1.54, 1.807) is 10.7 Å². The number of hydrogen-bond acceptors (Lipinski definition) is 2. The molecule has 0 aliphatic rings. The molecule has 96 valence electrons. The van der Waals surface area contributed by atoms with Crippen LogP contribution in [0.15, 0.2) is 22.8 Å². The van der Waals surface area contributed by atoms with Gasteiger partial charge in [-0.2, -0.15) is 5.10 Å². The highest BCUT2D eigenvalue weighted by molar-refractivity contribution is 9.10. The van der Waals surface area contributed by atoms with Crippen LogP contribution in [0.4, 0.5) is 10.1 Å². The second kappa shape index (κ2) is 5.10. The molecule has 0 atom stereocenters. The summed E-state index contributed by atoms with van der Waals surface area (Å²) in [5.74, 6) is -0.258. The fourth-order valence-corrected chi connectivity index (χ4v) is 2.31. The maximum Gasteiger partial charge on any atom is 0.139 e. The first-order valence-electron chi connectivity index (χ1n) is 5.66. The van der Waals surface area contributed by atoms with Crippen LogP contribution in [0, 0.1) is 19.7 Å². The summed E-state index contributed by atoms with van der Waals surface area (Å²) in [6.45, 7) is 4.55. The van der Waals surface area contributed by atoms with Crippen LogP contribution in [0.3, 0.4) is 0 Å². The fraction of sp³-hybridized carbons (Fsp3) is 0.308. The quantitative estimate of drug-likeness (QED) is 0.939. The standard InChI is InChI=1S/C13H15BrFN3/c1-8-4-11(14)12(15)5-13(8)16-6-10-7-18(3)17-9(10)2/h4-5,7,16H,6H2,1-3H3. The molecule has 3 nitrogen and oxygen atoms in total. The molecule has 0 fully saturated rings. The SMILES string of the molecule is Cc1cc(Br)c(F)cc1NCc1cn(C)nc1C. The molecule has 1 N–H and O–H groups in total. The Labute approximate surface area is 114 Å². The van der Waals surface area contributed by atoms with E-state index in [2.05, 4.69) is 26.3 Å². The molecule has 0 amide bonds. The van der Waals surface area contributed by atoms with Crippen molar-refractivity contribution >= 4 is 21.6 Å². The van der Waals surface area contributed by atoms with E-state index in [1.807, 2.05) is 27.1 Å².